The van der Waals surface area contributed by atoms with Crippen LogP contribution in [0.5, 0.6) is 0 Å². The molecule has 0 N–H and O–H groups in total. The number of azide groups is 1. The minimum Gasteiger partial charge on any atom is -0.309 e. The van der Waals surface area contributed by atoms with Crippen LogP contribution in [0.2, 0.25) is 0 Å². The smallest absolute Gasteiger partial charge is 0.0295 e. The zero-order chi connectivity index (χ0) is 7.98. The van der Waals surface area contributed by atoms with Crippen molar-refractivity contribution in [1.29, 1.82) is 0 Å². The molecule has 0 aliphatic heterocycles. The number of nitrogens with zero attached hydrogens (tertiary/aromatic N) is 4. The van der Waals surface area contributed by atoms with Crippen molar-refractivity contribution in [2.75, 3.05) is 27.2 Å². The van der Waals surface area contributed by atoms with E-state index in [1.165, 1.54) is 0 Å². The van der Waals surface area contributed by atoms with Gasteiger partial charge in [-0.1, -0.05) is 12.0 Å². The minimum atomic E-state index is 0.450. The molecular weight excluding hydrogens is 128 g/mol. The summed E-state index contributed by atoms with van der Waals surface area (Å²) in [4.78, 5) is 4.77. The van der Waals surface area contributed by atoms with Gasteiger partial charge in [0.1, 0.15) is 0 Å². The fraction of sp³-hybridized carbons (Fsp3) is 1.00. The Balaban J connectivity index is 3.42. The largest absolute Gasteiger partial charge is 0.309 e. The van der Waals surface area contributed by atoms with Gasteiger partial charge in [0.25, 0.3) is 0 Å². The third kappa shape index (κ3) is 5.41. The number of hydrogen-bond acceptors (Lipinski definition) is 2. The second-order valence-corrected chi connectivity index (χ2v) is 2.78. The molecule has 0 rings (SSSR count). The second-order valence-electron chi connectivity index (χ2n) is 2.78. The van der Waals surface area contributed by atoms with Crippen molar-refractivity contribution in [3.05, 3.63) is 10.4 Å². The van der Waals surface area contributed by atoms with Crippen LogP contribution in [0, 0.1) is 5.92 Å². The fourth-order valence-corrected chi connectivity index (χ4v) is 0.857. The number of hydrogen-bond donors (Lipinski definition) is 0. The van der Waals surface area contributed by atoms with Crippen molar-refractivity contribution < 1.29 is 0 Å². The monoisotopic (exact) mass is 142 g/mol. The molecule has 0 heterocycles. The van der Waals surface area contributed by atoms with E-state index in [4.69, 9.17) is 5.53 Å². The first-order chi connectivity index (χ1) is 4.66. The van der Waals surface area contributed by atoms with Gasteiger partial charge in [-0.15, -0.1) is 0 Å². The van der Waals surface area contributed by atoms with Crippen LogP contribution in [-0.4, -0.2) is 32.1 Å². The van der Waals surface area contributed by atoms with Crippen LogP contribution in [0.3, 0.4) is 0 Å². The maximum Gasteiger partial charge on any atom is 0.0295 e. The molecule has 0 radical (unpaired) electrons. The van der Waals surface area contributed by atoms with Gasteiger partial charge < -0.3 is 4.90 Å². The molecule has 0 spiro atoms. The molecule has 0 saturated carbocycles. The van der Waals surface area contributed by atoms with Gasteiger partial charge in [-0.25, -0.2) is 0 Å². The Bertz CT molecular complexity index is 126. The molecule has 58 valence electrons. The van der Waals surface area contributed by atoms with E-state index in [0.29, 0.717) is 12.5 Å². The SMILES string of the molecule is CC(CN=[N+]=[N-])CN(C)C. The Morgan fingerprint density at radius 1 is 1.60 bits per heavy atom. The average molecular weight is 142 g/mol. The van der Waals surface area contributed by atoms with Crippen molar-refractivity contribution in [2.45, 2.75) is 6.92 Å². The highest BCUT2D eigenvalue weighted by molar-refractivity contribution is 4.59. The third-order valence-corrected chi connectivity index (χ3v) is 1.13. The zero-order valence-corrected chi connectivity index (χ0v) is 6.78. The van der Waals surface area contributed by atoms with Crippen molar-refractivity contribution in [1.82, 2.24) is 4.90 Å². The Kier molecular flexibility index (Phi) is 4.72. The van der Waals surface area contributed by atoms with Gasteiger partial charge >= 0.3 is 0 Å². The Hall–Kier alpha value is -0.730. The summed E-state index contributed by atoms with van der Waals surface area (Å²) in [7, 11) is 4.01. The normalized spacial score (nSPS) is 12.8. The van der Waals surface area contributed by atoms with Gasteiger partial charge in [-0.3, -0.25) is 0 Å². The molecule has 1 atom stereocenters. The molecule has 0 fully saturated rings. The van der Waals surface area contributed by atoms with Crippen LogP contribution in [0.25, 0.3) is 10.4 Å². The van der Waals surface area contributed by atoms with E-state index in [2.05, 4.69) is 21.8 Å². The van der Waals surface area contributed by atoms with Crippen LogP contribution in [0.4, 0.5) is 0 Å². The summed E-state index contributed by atoms with van der Waals surface area (Å²) in [5.74, 6) is 0.450. The highest BCUT2D eigenvalue weighted by Crippen LogP contribution is 1.96. The molecule has 0 saturated heterocycles. The van der Waals surface area contributed by atoms with Gasteiger partial charge in [0.2, 0.25) is 0 Å². The quantitative estimate of drug-likeness (QED) is 0.333. The summed E-state index contributed by atoms with van der Waals surface area (Å²) < 4.78 is 0. The summed E-state index contributed by atoms with van der Waals surface area (Å²) in [6.07, 6.45) is 0. The van der Waals surface area contributed by atoms with Crippen molar-refractivity contribution in [3.8, 4) is 0 Å². The molecule has 4 heteroatoms. The van der Waals surface area contributed by atoms with E-state index in [9.17, 15) is 0 Å². The molecule has 4 nitrogen and oxygen atoms in total. The Morgan fingerprint density at radius 2 is 2.20 bits per heavy atom. The summed E-state index contributed by atoms with van der Waals surface area (Å²) >= 11 is 0. The minimum absolute atomic E-state index is 0.450. The molecule has 1 unspecified atom stereocenters. The third-order valence-electron chi connectivity index (χ3n) is 1.13. The standard InChI is InChI=1S/C6H14N4/c1-6(4-8-9-7)5-10(2)3/h6H,4-5H2,1-3H3. The molecule has 0 aromatic rings. The lowest BCUT2D eigenvalue weighted by Crippen LogP contribution is -2.21. The molecule has 0 aromatic heterocycles. The predicted molar refractivity (Wildman–Crippen MR) is 41.7 cm³/mol. The second kappa shape index (κ2) is 5.09. The Labute approximate surface area is 61.5 Å². The fourth-order valence-electron chi connectivity index (χ4n) is 0.857. The molecule has 0 aromatic carbocycles. The average Bonchev–Trinajstić information content (AvgIpc) is 1.82. The zero-order valence-electron chi connectivity index (χ0n) is 6.78. The van der Waals surface area contributed by atoms with Crippen LogP contribution >= 0.6 is 0 Å². The molecule has 0 amide bonds. The maximum atomic E-state index is 7.99. The summed E-state index contributed by atoms with van der Waals surface area (Å²) in [6, 6.07) is 0. The van der Waals surface area contributed by atoms with Crippen LogP contribution in [-0.2, 0) is 0 Å². The highest BCUT2D eigenvalue weighted by atomic mass is 15.1. The first kappa shape index (κ1) is 9.27. The summed E-state index contributed by atoms with van der Waals surface area (Å²) in [5, 5.41) is 3.48. The molecular formula is C6H14N4. The molecule has 0 aliphatic rings. The van der Waals surface area contributed by atoms with Crippen LogP contribution in [0.15, 0.2) is 5.11 Å². The predicted octanol–water partition coefficient (Wildman–Crippen LogP) is 1.49. The lowest BCUT2D eigenvalue weighted by atomic mass is 10.2. The van der Waals surface area contributed by atoms with E-state index in [1.807, 2.05) is 14.1 Å². The molecule has 10 heavy (non-hydrogen) atoms. The first-order valence-electron chi connectivity index (χ1n) is 3.32. The summed E-state index contributed by atoms with van der Waals surface area (Å²) in [6.45, 7) is 3.63. The van der Waals surface area contributed by atoms with Gasteiger partial charge in [0.05, 0.1) is 0 Å². The van der Waals surface area contributed by atoms with Crippen LogP contribution in [0.1, 0.15) is 6.92 Å². The lowest BCUT2D eigenvalue weighted by Gasteiger charge is -2.13. The van der Waals surface area contributed by atoms with E-state index in [0.717, 1.165) is 6.54 Å². The highest BCUT2D eigenvalue weighted by Gasteiger charge is 2.00. The van der Waals surface area contributed by atoms with E-state index in [1.54, 1.807) is 0 Å². The molecule has 0 aliphatic carbocycles. The summed E-state index contributed by atoms with van der Waals surface area (Å²) in [5.41, 5.74) is 7.99. The maximum absolute atomic E-state index is 7.99. The first-order valence-corrected chi connectivity index (χ1v) is 3.32. The van der Waals surface area contributed by atoms with Crippen LogP contribution < -0.4 is 0 Å². The van der Waals surface area contributed by atoms with Crippen molar-refractivity contribution in [2.24, 2.45) is 11.0 Å². The van der Waals surface area contributed by atoms with E-state index in [-0.39, 0.29) is 0 Å². The van der Waals surface area contributed by atoms with Gasteiger partial charge in [0, 0.05) is 18.0 Å². The lowest BCUT2D eigenvalue weighted by molar-refractivity contribution is 0.343. The van der Waals surface area contributed by atoms with Gasteiger partial charge in [-0.05, 0) is 25.5 Å². The number of rotatable bonds is 4. The topological polar surface area (TPSA) is 52.0 Å². The van der Waals surface area contributed by atoms with Gasteiger partial charge in [-0.2, -0.15) is 0 Å². The van der Waals surface area contributed by atoms with E-state index < -0.39 is 0 Å². The molecule has 0 bridgehead atoms. The van der Waals surface area contributed by atoms with Crippen molar-refractivity contribution >= 4 is 0 Å². The van der Waals surface area contributed by atoms with Gasteiger partial charge in [0.15, 0.2) is 0 Å². The van der Waals surface area contributed by atoms with E-state index >= 15 is 0 Å². The van der Waals surface area contributed by atoms with Crippen molar-refractivity contribution in [3.63, 3.8) is 0 Å². The Morgan fingerprint density at radius 3 is 2.60 bits per heavy atom.